The predicted octanol–water partition coefficient (Wildman–Crippen LogP) is 2.98. The molecule has 15 heavy (non-hydrogen) atoms. The fraction of sp³-hybridized carbons (Fsp3) is 0.182. The summed E-state index contributed by atoms with van der Waals surface area (Å²) in [6, 6.07) is 7.78. The maximum Gasteiger partial charge on any atom is 0.188 e. The van der Waals surface area contributed by atoms with E-state index in [1.165, 1.54) is 0 Å². The van der Waals surface area contributed by atoms with Crippen molar-refractivity contribution in [3.05, 3.63) is 34.9 Å². The third kappa shape index (κ3) is 2.27. The van der Waals surface area contributed by atoms with Gasteiger partial charge in [-0.05, 0) is 28.1 Å². The van der Waals surface area contributed by atoms with Crippen LogP contribution in [0.3, 0.4) is 0 Å². The van der Waals surface area contributed by atoms with E-state index in [9.17, 15) is 0 Å². The summed E-state index contributed by atoms with van der Waals surface area (Å²) in [5, 5.41) is 1.08. The zero-order chi connectivity index (χ0) is 10.7. The Balaban J connectivity index is 2.43. The number of aromatic nitrogens is 1. The molecule has 0 bridgehead atoms. The predicted molar refractivity (Wildman–Crippen MR) is 61.9 cm³/mol. The van der Waals surface area contributed by atoms with Gasteiger partial charge in [0.15, 0.2) is 6.79 Å². The average molecular weight is 268 g/mol. The van der Waals surface area contributed by atoms with Crippen molar-refractivity contribution in [1.82, 2.24) is 4.98 Å². The van der Waals surface area contributed by atoms with Gasteiger partial charge in [0.05, 0.1) is 9.99 Å². The average Bonchev–Trinajstić information content (AvgIpc) is 2.26. The highest BCUT2D eigenvalue weighted by Crippen LogP contribution is 2.29. The highest BCUT2D eigenvalue weighted by atomic mass is 79.9. The van der Waals surface area contributed by atoms with Crippen LogP contribution in [0.2, 0.25) is 0 Å². The van der Waals surface area contributed by atoms with Crippen LogP contribution in [0, 0.1) is 0 Å². The van der Waals surface area contributed by atoms with Crippen molar-refractivity contribution in [2.45, 2.75) is 0 Å². The summed E-state index contributed by atoms with van der Waals surface area (Å²) in [4.78, 5) is 4.25. The number of methoxy groups -OCH3 is 1. The van der Waals surface area contributed by atoms with Gasteiger partial charge in [0.25, 0.3) is 0 Å². The Morgan fingerprint density at radius 1 is 1.40 bits per heavy atom. The quantitative estimate of drug-likeness (QED) is 0.802. The summed E-state index contributed by atoms with van der Waals surface area (Å²) in [7, 11) is 1.59. The van der Waals surface area contributed by atoms with Crippen molar-refractivity contribution in [3.8, 4) is 5.75 Å². The summed E-state index contributed by atoms with van der Waals surface area (Å²) in [6.07, 6.45) is 1.76. The SMILES string of the molecule is COCOc1cc2ncccc2cc1Br. The van der Waals surface area contributed by atoms with Gasteiger partial charge in [-0.15, -0.1) is 0 Å². The molecule has 0 radical (unpaired) electrons. The molecule has 0 fully saturated rings. The summed E-state index contributed by atoms with van der Waals surface area (Å²) in [5.41, 5.74) is 0.909. The smallest absolute Gasteiger partial charge is 0.188 e. The molecule has 0 unspecified atom stereocenters. The Bertz CT molecular complexity index is 473. The number of halogens is 1. The molecule has 0 saturated carbocycles. The van der Waals surface area contributed by atoms with Crippen LogP contribution >= 0.6 is 15.9 Å². The fourth-order valence-electron chi connectivity index (χ4n) is 1.31. The molecule has 0 aliphatic rings. The largest absolute Gasteiger partial charge is 0.466 e. The van der Waals surface area contributed by atoms with Crippen LogP contribution in [-0.2, 0) is 4.74 Å². The zero-order valence-electron chi connectivity index (χ0n) is 8.24. The molecule has 0 aliphatic carbocycles. The first-order valence-corrected chi connectivity index (χ1v) is 5.26. The summed E-state index contributed by atoms with van der Waals surface area (Å²) >= 11 is 3.44. The van der Waals surface area contributed by atoms with E-state index in [1.54, 1.807) is 13.3 Å². The molecule has 1 aromatic carbocycles. The molecule has 3 nitrogen and oxygen atoms in total. The molecular formula is C11H10BrNO2. The number of benzene rings is 1. The van der Waals surface area contributed by atoms with Gasteiger partial charge < -0.3 is 9.47 Å². The van der Waals surface area contributed by atoms with E-state index in [2.05, 4.69) is 20.9 Å². The minimum atomic E-state index is 0.233. The van der Waals surface area contributed by atoms with Crippen LogP contribution in [-0.4, -0.2) is 18.9 Å². The Kier molecular flexibility index (Phi) is 3.18. The molecule has 0 spiro atoms. The van der Waals surface area contributed by atoms with E-state index < -0.39 is 0 Å². The molecule has 4 heteroatoms. The van der Waals surface area contributed by atoms with Crippen LogP contribution in [0.25, 0.3) is 10.9 Å². The Hall–Kier alpha value is -1.13. The number of pyridine rings is 1. The van der Waals surface area contributed by atoms with E-state index >= 15 is 0 Å². The molecule has 0 N–H and O–H groups in total. The van der Waals surface area contributed by atoms with Crippen molar-refractivity contribution >= 4 is 26.8 Å². The molecule has 2 aromatic rings. The minimum Gasteiger partial charge on any atom is -0.466 e. The van der Waals surface area contributed by atoms with Crippen molar-refractivity contribution in [1.29, 1.82) is 0 Å². The summed E-state index contributed by atoms with van der Waals surface area (Å²) in [5.74, 6) is 0.739. The molecule has 1 aromatic heterocycles. The molecule has 0 aliphatic heterocycles. The van der Waals surface area contributed by atoms with Gasteiger partial charge in [-0.25, -0.2) is 0 Å². The van der Waals surface area contributed by atoms with Crippen molar-refractivity contribution in [2.75, 3.05) is 13.9 Å². The summed E-state index contributed by atoms with van der Waals surface area (Å²) < 4.78 is 11.1. The molecule has 0 amide bonds. The Labute approximate surface area is 96.2 Å². The Morgan fingerprint density at radius 3 is 3.07 bits per heavy atom. The molecule has 0 saturated heterocycles. The third-order valence-electron chi connectivity index (χ3n) is 1.99. The molecule has 2 rings (SSSR count). The minimum absolute atomic E-state index is 0.233. The van der Waals surface area contributed by atoms with Gasteiger partial charge >= 0.3 is 0 Å². The summed E-state index contributed by atoms with van der Waals surface area (Å²) in [6.45, 7) is 0.233. The lowest BCUT2D eigenvalue weighted by Crippen LogP contribution is -1.99. The van der Waals surface area contributed by atoms with Gasteiger partial charge in [0, 0.05) is 24.8 Å². The number of ether oxygens (including phenoxy) is 2. The lowest BCUT2D eigenvalue weighted by molar-refractivity contribution is 0.0507. The van der Waals surface area contributed by atoms with Gasteiger partial charge in [0.2, 0.25) is 0 Å². The van der Waals surface area contributed by atoms with Gasteiger partial charge in [0.1, 0.15) is 5.75 Å². The highest BCUT2D eigenvalue weighted by Gasteiger charge is 2.03. The van der Waals surface area contributed by atoms with E-state index in [1.807, 2.05) is 24.3 Å². The van der Waals surface area contributed by atoms with E-state index in [0.717, 1.165) is 21.1 Å². The first kappa shape index (κ1) is 10.4. The molecule has 0 atom stereocenters. The van der Waals surface area contributed by atoms with Crippen LogP contribution in [0.15, 0.2) is 34.9 Å². The standard InChI is InChI=1S/C11H10BrNO2/c1-14-7-15-11-6-10-8(5-9(11)12)3-2-4-13-10/h2-6H,7H2,1H3. The molecular weight excluding hydrogens is 258 g/mol. The first-order valence-electron chi connectivity index (χ1n) is 4.47. The second-order valence-corrected chi connectivity index (χ2v) is 3.88. The van der Waals surface area contributed by atoms with E-state index in [-0.39, 0.29) is 6.79 Å². The maximum atomic E-state index is 5.38. The van der Waals surface area contributed by atoms with Crippen LogP contribution < -0.4 is 4.74 Å². The lowest BCUT2D eigenvalue weighted by Gasteiger charge is -2.07. The van der Waals surface area contributed by atoms with Crippen LogP contribution in [0.5, 0.6) is 5.75 Å². The number of hydrogen-bond acceptors (Lipinski definition) is 3. The number of rotatable bonds is 3. The second kappa shape index (κ2) is 4.59. The first-order chi connectivity index (χ1) is 7.31. The molecule has 78 valence electrons. The monoisotopic (exact) mass is 267 g/mol. The second-order valence-electron chi connectivity index (χ2n) is 3.03. The van der Waals surface area contributed by atoms with E-state index in [0.29, 0.717) is 0 Å². The molecule has 1 heterocycles. The van der Waals surface area contributed by atoms with Crippen LogP contribution in [0.1, 0.15) is 0 Å². The maximum absolute atomic E-state index is 5.38. The van der Waals surface area contributed by atoms with Gasteiger partial charge in [-0.2, -0.15) is 0 Å². The van der Waals surface area contributed by atoms with Crippen molar-refractivity contribution in [3.63, 3.8) is 0 Å². The highest BCUT2D eigenvalue weighted by molar-refractivity contribution is 9.10. The lowest BCUT2D eigenvalue weighted by atomic mass is 10.2. The van der Waals surface area contributed by atoms with Gasteiger partial charge in [-0.3, -0.25) is 4.98 Å². The van der Waals surface area contributed by atoms with Gasteiger partial charge in [-0.1, -0.05) is 6.07 Å². The Morgan fingerprint density at radius 2 is 2.27 bits per heavy atom. The van der Waals surface area contributed by atoms with E-state index in [4.69, 9.17) is 9.47 Å². The topological polar surface area (TPSA) is 31.4 Å². The number of nitrogens with zero attached hydrogens (tertiary/aromatic N) is 1. The number of hydrogen-bond donors (Lipinski definition) is 0. The fourth-order valence-corrected chi connectivity index (χ4v) is 1.78. The number of fused-ring (bicyclic) bond motifs is 1. The van der Waals surface area contributed by atoms with Crippen LogP contribution in [0.4, 0.5) is 0 Å². The van der Waals surface area contributed by atoms with Crippen molar-refractivity contribution < 1.29 is 9.47 Å². The normalized spacial score (nSPS) is 10.5. The zero-order valence-corrected chi connectivity index (χ0v) is 9.82. The van der Waals surface area contributed by atoms with Crippen molar-refractivity contribution in [2.24, 2.45) is 0 Å². The third-order valence-corrected chi connectivity index (χ3v) is 2.61.